The Labute approximate surface area is 452 Å². The number of benzene rings is 8. The van der Waals surface area contributed by atoms with Crippen molar-refractivity contribution in [3.63, 3.8) is 0 Å². The van der Waals surface area contributed by atoms with Gasteiger partial charge in [0.05, 0.1) is 0 Å². The Kier molecular flexibility index (Phi) is 10.7. The third kappa shape index (κ3) is 8.36. The van der Waals surface area contributed by atoms with E-state index in [1.165, 1.54) is 33.3 Å². The molecule has 0 saturated heterocycles. The third-order valence-electron chi connectivity index (χ3n) is 14.4. The quantitative estimate of drug-likeness (QED) is 0.135. The van der Waals surface area contributed by atoms with E-state index in [2.05, 4.69) is 216 Å². The van der Waals surface area contributed by atoms with Crippen molar-refractivity contribution in [2.45, 2.75) is 72.6 Å². The van der Waals surface area contributed by atoms with Crippen LogP contribution in [0.4, 0.5) is 22.9 Å². The molecule has 0 amide bonds. The van der Waals surface area contributed by atoms with Gasteiger partial charge in [-0.05, 0) is 17.7 Å². The molecule has 0 fully saturated rings. The van der Waals surface area contributed by atoms with Crippen LogP contribution in [0.15, 0.2) is 200 Å². The first kappa shape index (κ1) is 43.0. The maximum atomic E-state index is 9.80. The first-order valence-electron chi connectivity index (χ1n) is 27.6. The van der Waals surface area contributed by atoms with Crippen LogP contribution < -0.4 is 19.8 Å². The van der Waals surface area contributed by atoms with Crippen molar-refractivity contribution in [1.29, 1.82) is 0 Å². The van der Waals surface area contributed by atoms with E-state index in [9.17, 15) is 4.11 Å². The Morgan fingerprint density at radius 1 is 0.568 bits per heavy atom. The van der Waals surface area contributed by atoms with Crippen molar-refractivity contribution >= 4 is 46.4 Å². The molecule has 0 radical (unpaired) electrons. The van der Waals surface area contributed by atoms with Crippen molar-refractivity contribution < 1.29 is 29.6 Å². The molecule has 10 aromatic rings. The molecule has 12 rings (SSSR count). The van der Waals surface area contributed by atoms with Crippen molar-refractivity contribution in [3.8, 4) is 56.4 Å². The second-order valence-electron chi connectivity index (χ2n) is 22.1. The number of ether oxygens (including phenoxy) is 1. The first-order valence-corrected chi connectivity index (χ1v) is 26.7. The number of imidazole rings is 1. The van der Waals surface area contributed by atoms with Crippen molar-refractivity contribution in [1.82, 2.24) is 14.1 Å². The summed E-state index contributed by atoms with van der Waals surface area (Å²) >= 11 is 2.32. The summed E-state index contributed by atoms with van der Waals surface area (Å²) in [5.74, 6) is 2.02. The summed E-state index contributed by atoms with van der Waals surface area (Å²) < 4.78 is 49.3. The molecule has 0 aliphatic carbocycles. The molecule has 0 unspecified atom stereocenters. The van der Waals surface area contributed by atoms with Gasteiger partial charge in [-0.25, -0.2) is 0 Å². The molecule has 0 bridgehead atoms. The van der Waals surface area contributed by atoms with E-state index in [-0.39, 0.29) is 42.0 Å². The number of pyridine rings is 1. The van der Waals surface area contributed by atoms with E-state index < -0.39 is 0 Å². The Morgan fingerprint density at radius 3 is 1.85 bits per heavy atom. The van der Waals surface area contributed by atoms with Gasteiger partial charge >= 0.3 is 372 Å². The molecule has 74 heavy (non-hydrogen) atoms. The summed E-state index contributed by atoms with van der Waals surface area (Å²) in [6.07, 6.45) is 0.846. The van der Waals surface area contributed by atoms with Gasteiger partial charge in [0.25, 0.3) is 0 Å². The van der Waals surface area contributed by atoms with E-state index in [4.69, 9.17) is 11.1 Å². The standard InChI is InChI=1S/C66H60BN5O.Pt/c1-44(2)36-45-37-54(46-22-10-9-11-23-46)64(55(38-45)47-39-48(65(3,4)5)41-49(40-47)66(6,7)8)70-43-69(58-30-16-17-31-59(58)70)50-24-20-25-51(42-50)73-63-35-21-34-62(68-63)72-61-33-19-18-32-60(61)71-57-29-15-13-27-53(57)52-26-12-14-28-56(52)67(71)72;/h9-35,37-42,44H,36H2,1-8H3;/i16D,17D,30D,31D;. The molecule has 8 heteroatoms. The van der Waals surface area contributed by atoms with Crippen LogP contribution in [0.3, 0.4) is 0 Å². The monoisotopic (exact) mass is 1150 g/mol. The molecule has 8 aromatic carbocycles. The summed E-state index contributed by atoms with van der Waals surface area (Å²) in [5, 5.41) is 0. The summed E-state index contributed by atoms with van der Waals surface area (Å²) in [4.78, 5) is 9.94. The molecule has 2 aromatic heterocycles. The minimum absolute atomic E-state index is 0.127. The Morgan fingerprint density at radius 2 is 1.16 bits per heavy atom. The Balaban J connectivity index is 1.04. The number of hydrogen-bond acceptors (Lipinski definition) is 4. The van der Waals surface area contributed by atoms with Crippen LogP contribution in [-0.2, 0) is 36.6 Å². The third-order valence-corrected chi connectivity index (χ3v) is 15.4. The van der Waals surface area contributed by atoms with Gasteiger partial charge in [0.2, 0.25) is 0 Å². The summed E-state index contributed by atoms with van der Waals surface area (Å²) in [6, 6.07) is 60.4. The SMILES string of the molecule is [2H]c1c([2H])c([2H])c2c(c1[2H])n(-c1cccc(Oc3cccc(N4B5c6ccccc6-c6ccccc6N5c5ccccc54)n3)c1)[c](=[Pt])n2-c1c(-c2ccccc2)cc(CC(C)C)cc1-c1cc(C(C)(C)C)cc(C(C)(C)C)c1. The van der Waals surface area contributed by atoms with E-state index in [1.54, 1.807) is 0 Å². The van der Waals surface area contributed by atoms with E-state index >= 15 is 0 Å². The predicted molar refractivity (Wildman–Crippen MR) is 305 cm³/mol. The average molecular weight is 1150 g/mol. The second kappa shape index (κ2) is 18.5. The number of nitrogens with zero attached hydrogens (tertiary/aromatic N) is 5. The van der Waals surface area contributed by atoms with Crippen LogP contribution in [0.25, 0.3) is 55.8 Å². The van der Waals surface area contributed by atoms with Crippen LogP contribution in [0, 0.1) is 9.72 Å². The summed E-state index contributed by atoms with van der Waals surface area (Å²) in [6.45, 7) is 17.8. The van der Waals surface area contributed by atoms with Crippen LogP contribution in [0.2, 0.25) is 0 Å². The molecule has 368 valence electrons. The van der Waals surface area contributed by atoms with Gasteiger partial charge in [0.15, 0.2) is 0 Å². The Bertz CT molecular complexity index is 4070. The van der Waals surface area contributed by atoms with Crippen LogP contribution >= 0.6 is 0 Å². The normalized spacial score (nSPS) is 13.8. The molecule has 6 nitrogen and oxygen atoms in total. The molecule has 4 heterocycles. The molecule has 0 spiro atoms. The number of fused-ring (bicyclic) bond motifs is 9. The Hall–Kier alpha value is -7.47. The zero-order valence-electron chi connectivity index (χ0n) is 47.1. The molecule has 0 atom stereocenters. The van der Waals surface area contributed by atoms with Gasteiger partial charge in [-0.2, -0.15) is 0 Å². The minimum atomic E-state index is -0.307. The van der Waals surface area contributed by atoms with Crippen LogP contribution in [0.1, 0.15) is 77.6 Å². The van der Waals surface area contributed by atoms with Crippen molar-refractivity contribution in [3.05, 3.63) is 221 Å². The maximum absolute atomic E-state index is 9.80. The fraction of sp³-hybridized carbons (Fsp3) is 0.182. The fourth-order valence-corrected chi connectivity index (χ4v) is 11.9. The average Bonchev–Trinajstić information content (AvgIpc) is 3.86. The van der Waals surface area contributed by atoms with Crippen molar-refractivity contribution in [2.24, 2.45) is 5.92 Å². The topological polar surface area (TPSA) is 38.5 Å². The van der Waals surface area contributed by atoms with Crippen LogP contribution in [0.5, 0.6) is 11.6 Å². The first-order chi connectivity index (χ1) is 37.4. The second-order valence-corrected chi connectivity index (χ2v) is 23.1. The van der Waals surface area contributed by atoms with Gasteiger partial charge < -0.3 is 0 Å². The number of aromatic nitrogens is 3. The summed E-state index contributed by atoms with van der Waals surface area (Å²) in [5.41, 5.74) is 16.3. The van der Waals surface area contributed by atoms with Gasteiger partial charge in [-0.1, -0.05) is 54.6 Å². The number of rotatable bonds is 9. The van der Waals surface area contributed by atoms with E-state index in [1.807, 2.05) is 53.1 Å². The molecular weight excluding hydrogens is 1080 g/mol. The number of anilines is 4. The van der Waals surface area contributed by atoms with E-state index in [0.717, 1.165) is 57.2 Å². The number of hydrogen-bond donors (Lipinski definition) is 0. The van der Waals surface area contributed by atoms with Gasteiger partial charge in [0, 0.05) is 11.3 Å². The summed E-state index contributed by atoms with van der Waals surface area (Å²) in [7, 11) is 0. The predicted octanol–water partition coefficient (Wildman–Crippen LogP) is 16.5. The van der Waals surface area contributed by atoms with Gasteiger partial charge in [-0.3, -0.25) is 0 Å². The van der Waals surface area contributed by atoms with Gasteiger partial charge in [-0.15, -0.1) is 0 Å². The zero-order valence-corrected chi connectivity index (χ0v) is 45.3. The fourth-order valence-electron chi connectivity index (χ4n) is 10.9. The molecule has 0 N–H and O–H groups in total. The van der Waals surface area contributed by atoms with Gasteiger partial charge in [0.1, 0.15) is 0 Å². The van der Waals surface area contributed by atoms with Crippen LogP contribution in [-0.4, -0.2) is 21.1 Å². The molecule has 0 saturated carbocycles. The van der Waals surface area contributed by atoms with Crippen molar-refractivity contribution in [2.75, 3.05) is 9.62 Å². The van der Waals surface area contributed by atoms with E-state index in [0.29, 0.717) is 38.1 Å². The zero-order chi connectivity index (χ0) is 54.5. The molecule has 2 aliphatic heterocycles. The molecular formula is C66H60BN5OPt. The molecule has 2 aliphatic rings. The number of para-hydroxylation sites is 5.